The number of ketones is 1. The first-order chi connectivity index (χ1) is 12.9. The van der Waals surface area contributed by atoms with Crippen molar-refractivity contribution in [3.05, 3.63) is 69.8 Å². The van der Waals surface area contributed by atoms with Gasteiger partial charge in [0.05, 0.1) is 10.9 Å². The van der Waals surface area contributed by atoms with Crippen molar-refractivity contribution in [1.82, 2.24) is 9.55 Å². The zero-order valence-electron chi connectivity index (χ0n) is 15.4. The molecule has 0 bridgehead atoms. The molecule has 0 N–H and O–H groups in total. The highest BCUT2D eigenvalue weighted by Gasteiger charge is 2.10. The normalized spacial score (nSPS) is 11.1. The number of fused-ring (bicyclic) bond motifs is 1. The number of benzene rings is 2. The molecule has 4 nitrogen and oxygen atoms in total. The van der Waals surface area contributed by atoms with Gasteiger partial charge in [0.25, 0.3) is 5.56 Å². The Kier molecular flexibility index (Phi) is 6.06. The second-order valence-corrected chi connectivity index (χ2v) is 7.64. The number of hydrogen-bond donors (Lipinski definition) is 0. The van der Waals surface area contributed by atoms with Gasteiger partial charge in [0.2, 0.25) is 0 Å². The molecule has 6 heteroatoms. The van der Waals surface area contributed by atoms with Crippen LogP contribution in [0.15, 0.2) is 52.4 Å². The predicted octanol–water partition coefficient (Wildman–Crippen LogP) is 4.07. The number of aryl methyl sites for hydroxylation is 1. The van der Waals surface area contributed by atoms with E-state index in [4.69, 9.17) is 0 Å². The summed E-state index contributed by atoms with van der Waals surface area (Å²) in [6.07, 6.45) is 1.47. The lowest BCUT2D eigenvalue weighted by Gasteiger charge is -2.09. The minimum Gasteiger partial charge on any atom is -0.299 e. The maximum absolute atomic E-state index is 12.9. The van der Waals surface area contributed by atoms with E-state index >= 15 is 0 Å². The molecular weight excluding hydrogens is 363 g/mol. The van der Waals surface area contributed by atoms with E-state index < -0.39 is 0 Å². The number of halogens is 1. The van der Waals surface area contributed by atoms with Gasteiger partial charge in [-0.2, -0.15) is 0 Å². The number of rotatable bonds is 7. The van der Waals surface area contributed by atoms with E-state index in [-0.39, 0.29) is 17.2 Å². The summed E-state index contributed by atoms with van der Waals surface area (Å²) in [6, 6.07) is 11.7. The minimum atomic E-state index is -0.300. The summed E-state index contributed by atoms with van der Waals surface area (Å²) in [5.41, 5.74) is 2.49. The van der Waals surface area contributed by atoms with Gasteiger partial charge in [-0.3, -0.25) is 14.2 Å². The quantitative estimate of drug-likeness (QED) is 0.350. The summed E-state index contributed by atoms with van der Waals surface area (Å²) in [4.78, 5) is 29.1. The Morgan fingerprint density at radius 1 is 1.19 bits per heavy atom. The van der Waals surface area contributed by atoms with Crippen LogP contribution in [0.25, 0.3) is 10.9 Å². The Balaban J connectivity index is 1.56. The molecule has 1 aromatic heterocycles. The highest BCUT2D eigenvalue weighted by molar-refractivity contribution is 7.99. The highest BCUT2D eigenvalue weighted by Crippen LogP contribution is 2.19. The maximum Gasteiger partial charge on any atom is 0.261 e. The number of thioether (sulfide) groups is 1. The Morgan fingerprint density at radius 3 is 2.67 bits per heavy atom. The van der Waals surface area contributed by atoms with Gasteiger partial charge in [-0.15, -0.1) is 0 Å². The van der Waals surface area contributed by atoms with Crippen molar-refractivity contribution < 1.29 is 9.18 Å². The van der Waals surface area contributed by atoms with E-state index in [0.29, 0.717) is 41.1 Å². The summed E-state index contributed by atoms with van der Waals surface area (Å²) >= 11 is 1.48. The first-order valence-corrected chi connectivity index (χ1v) is 9.79. The predicted molar refractivity (Wildman–Crippen MR) is 107 cm³/mol. The van der Waals surface area contributed by atoms with Crippen LogP contribution in [0.1, 0.15) is 24.0 Å². The summed E-state index contributed by atoms with van der Waals surface area (Å²) in [5.74, 6) is 0.525. The molecule has 0 spiro atoms. The van der Waals surface area contributed by atoms with Crippen LogP contribution in [0.2, 0.25) is 0 Å². The lowest BCUT2D eigenvalue weighted by molar-refractivity contribution is -0.118. The highest BCUT2D eigenvalue weighted by atomic mass is 32.2. The van der Waals surface area contributed by atoms with Gasteiger partial charge in [-0.1, -0.05) is 35.5 Å². The van der Waals surface area contributed by atoms with Gasteiger partial charge >= 0.3 is 0 Å². The maximum atomic E-state index is 12.9. The molecule has 1 heterocycles. The number of hydrogen-bond acceptors (Lipinski definition) is 4. The van der Waals surface area contributed by atoms with E-state index in [1.165, 1.54) is 23.9 Å². The average Bonchev–Trinajstić information content (AvgIpc) is 2.65. The topological polar surface area (TPSA) is 52.0 Å². The van der Waals surface area contributed by atoms with Crippen molar-refractivity contribution in [2.45, 2.75) is 31.3 Å². The third kappa shape index (κ3) is 4.83. The molecule has 0 aliphatic rings. The van der Waals surface area contributed by atoms with Gasteiger partial charge in [0.1, 0.15) is 11.6 Å². The van der Waals surface area contributed by atoms with Gasteiger partial charge in [-0.25, -0.2) is 9.37 Å². The zero-order chi connectivity index (χ0) is 19.4. The number of nitrogens with zero attached hydrogens (tertiary/aromatic N) is 2. The Labute approximate surface area is 161 Å². The van der Waals surface area contributed by atoms with E-state index in [0.717, 1.165) is 11.1 Å². The van der Waals surface area contributed by atoms with Gasteiger partial charge in [0.15, 0.2) is 5.16 Å². The third-order valence-electron chi connectivity index (χ3n) is 4.34. The standard InChI is InChI=1S/C21H21FN2O2S/c1-14-5-10-19-18(12-14)20(26)24(2)21(23-19)27-11-3-4-17(25)13-15-6-8-16(22)9-7-15/h5-10,12H,3-4,11,13H2,1-2H3. The van der Waals surface area contributed by atoms with Gasteiger partial charge in [0, 0.05) is 25.6 Å². The molecule has 0 atom stereocenters. The fourth-order valence-corrected chi connectivity index (χ4v) is 3.76. The molecule has 0 fully saturated rings. The molecule has 0 amide bonds. The van der Waals surface area contributed by atoms with E-state index in [2.05, 4.69) is 4.98 Å². The second-order valence-electron chi connectivity index (χ2n) is 6.57. The average molecular weight is 384 g/mol. The van der Waals surface area contributed by atoms with Crippen molar-refractivity contribution in [1.29, 1.82) is 0 Å². The van der Waals surface area contributed by atoms with Crippen LogP contribution in [-0.4, -0.2) is 21.1 Å². The molecule has 0 unspecified atom stereocenters. The molecule has 0 radical (unpaired) electrons. The van der Waals surface area contributed by atoms with Crippen LogP contribution in [0.3, 0.4) is 0 Å². The van der Waals surface area contributed by atoms with Crippen molar-refractivity contribution in [3.8, 4) is 0 Å². The second kappa shape index (κ2) is 8.48. The van der Waals surface area contributed by atoms with Crippen LogP contribution in [-0.2, 0) is 18.3 Å². The van der Waals surface area contributed by atoms with E-state index in [1.54, 1.807) is 23.7 Å². The fourth-order valence-electron chi connectivity index (χ4n) is 2.84. The number of aromatic nitrogens is 2. The molecule has 0 aliphatic heterocycles. The molecule has 2 aromatic carbocycles. The Hall–Kier alpha value is -2.47. The summed E-state index contributed by atoms with van der Waals surface area (Å²) in [5, 5.41) is 1.28. The number of Topliss-reactive ketones (excluding diaryl/α,β-unsaturated/α-hetero) is 1. The van der Waals surface area contributed by atoms with Crippen molar-refractivity contribution in [2.75, 3.05) is 5.75 Å². The SMILES string of the molecule is Cc1ccc2nc(SCCCC(=O)Cc3ccc(F)cc3)n(C)c(=O)c2c1. The molecule has 0 saturated carbocycles. The van der Waals surface area contributed by atoms with E-state index in [1.807, 2.05) is 25.1 Å². The molecule has 0 saturated heterocycles. The van der Waals surface area contributed by atoms with E-state index in [9.17, 15) is 14.0 Å². The largest absolute Gasteiger partial charge is 0.299 e. The van der Waals surface area contributed by atoms with Gasteiger partial charge < -0.3 is 0 Å². The Bertz CT molecular complexity index is 1030. The van der Waals surface area contributed by atoms with Crippen LogP contribution < -0.4 is 5.56 Å². The molecule has 3 rings (SSSR count). The van der Waals surface area contributed by atoms with Crippen molar-refractivity contribution in [3.63, 3.8) is 0 Å². The summed E-state index contributed by atoms with van der Waals surface area (Å²) in [6.45, 7) is 1.95. The fraction of sp³-hybridized carbons (Fsp3) is 0.286. The molecule has 27 heavy (non-hydrogen) atoms. The Morgan fingerprint density at radius 2 is 1.93 bits per heavy atom. The lowest BCUT2D eigenvalue weighted by atomic mass is 10.1. The summed E-state index contributed by atoms with van der Waals surface area (Å²) < 4.78 is 14.5. The number of carbonyl (C=O) groups excluding carboxylic acids is 1. The zero-order valence-corrected chi connectivity index (χ0v) is 16.2. The lowest BCUT2D eigenvalue weighted by Crippen LogP contribution is -2.20. The van der Waals surface area contributed by atoms with Crippen LogP contribution in [0.4, 0.5) is 4.39 Å². The molecular formula is C21H21FN2O2S. The van der Waals surface area contributed by atoms with Crippen LogP contribution >= 0.6 is 11.8 Å². The van der Waals surface area contributed by atoms with Crippen molar-refractivity contribution in [2.24, 2.45) is 7.05 Å². The van der Waals surface area contributed by atoms with Crippen LogP contribution in [0.5, 0.6) is 0 Å². The minimum absolute atomic E-state index is 0.0569. The van der Waals surface area contributed by atoms with Crippen LogP contribution in [0, 0.1) is 12.7 Å². The molecule has 0 aliphatic carbocycles. The first-order valence-electron chi connectivity index (χ1n) is 8.80. The number of carbonyl (C=O) groups is 1. The monoisotopic (exact) mass is 384 g/mol. The van der Waals surface area contributed by atoms with Crippen molar-refractivity contribution >= 4 is 28.4 Å². The molecule has 140 valence electrons. The third-order valence-corrected chi connectivity index (χ3v) is 5.45. The summed E-state index contributed by atoms with van der Waals surface area (Å²) in [7, 11) is 1.72. The van der Waals surface area contributed by atoms with Gasteiger partial charge in [-0.05, 0) is 43.2 Å². The first kappa shape index (κ1) is 19.3. The molecule has 3 aromatic rings. The smallest absolute Gasteiger partial charge is 0.261 e.